The van der Waals surface area contributed by atoms with Crippen LogP contribution in [0.2, 0.25) is 0 Å². The van der Waals surface area contributed by atoms with Gasteiger partial charge in [-0.2, -0.15) is 13.2 Å². The molecular formula is C24H20F4N2O. The zero-order valence-electron chi connectivity index (χ0n) is 16.7. The molecule has 0 bridgehead atoms. The van der Waals surface area contributed by atoms with E-state index in [1.54, 1.807) is 4.90 Å². The van der Waals surface area contributed by atoms with Gasteiger partial charge in [0.1, 0.15) is 5.82 Å². The normalized spacial score (nSPS) is 18.4. The van der Waals surface area contributed by atoms with Crippen molar-refractivity contribution in [2.75, 3.05) is 11.9 Å². The molecule has 0 saturated carbocycles. The molecule has 7 heteroatoms. The van der Waals surface area contributed by atoms with E-state index in [1.165, 1.54) is 36.4 Å². The van der Waals surface area contributed by atoms with Crippen molar-refractivity contribution in [3.63, 3.8) is 0 Å². The van der Waals surface area contributed by atoms with Gasteiger partial charge in [0.15, 0.2) is 0 Å². The lowest BCUT2D eigenvalue weighted by Gasteiger charge is -2.40. The Labute approximate surface area is 177 Å². The van der Waals surface area contributed by atoms with E-state index in [2.05, 4.69) is 5.32 Å². The Morgan fingerprint density at radius 3 is 2.16 bits per heavy atom. The third-order valence-corrected chi connectivity index (χ3v) is 5.51. The number of anilines is 1. The van der Waals surface area contributed by atoms with Gasteiger partial charge in [-0.1, -0.05) is 43.3 Å². The maximum absolute atomic E-state index is 13.2. The Balaban J connectivity index is 1.72. The number of hydrogen-bond acceptors (Lipinski definition) is 1. The fourth-order valence-electron chi connectivity index (χ4n) is 4.02. The number of fused-ring (bicyclic) bond motifs is 1. The summed E-state index contributed by atoms with van der Waals surface area (Å²) in [6, 6.07) is 17.0. The Morgan fingerprint density at radius 1 is 0.935 bits per heavy atom. The van der Waals surface area contributed by atoms with E-state index in [4.69, 9.17) is 0 Å². The highest BCUT2D eigenvalue weighted by atomic mass is 19.4. The molecule has 3 nitrogen and oxygen atoms in total. The van der Waals surface area contributed by atoms with Crippen LogP contribution in [0.5, 0.6) is 0 Å². The summed E-state index contributed by atoms with van der Waals surface area (Å²) in [6.07, 6.45) is -4.43. The average Bonchev–Trinajstić information content (AvgIpc) is 2.75. The molecule has 1 aliphatic rings. The van der Waals surface area contributed by atoms with Crippen LogP contribution in [0.1, 0.15) is 41.1 Å². The zero-order chi connectivity index (χ0) is 22.2. The number of rotatable bonds is 2. The van der Waals surface area contributed by atoms with Crippen molar-refractivity contribution in [2.45, 2.75) is 25.1 Å². The Bertz CT molecular complexity index is 1080. The van der Waals surface area contributed by atoms with Crippen molar-refractivity contribution in [1.29, 1.82) is 0 Å². The van der Waals surface area contributed by atoms with Crippen LogP contribution in [0.4, 0.5) is 28.0 Å². The number of nitrogens with one attached hydrogen (secondary N) is 1. The first-order chi connectivity index (χ1) is 14.7. The van der Waals surface area contributed by atoms with Crippen LogP contribution in [0.3, 0.4) is 0 Å². The molecule has 3 aromatic rings. The van der Waals surface area contributed by atoms with Gasteiger partial charge in [0.05, 0.1) is 11.6 Å². The lowest BCUT2D eigenvalue weighted by molar-refractivity contribution is -0.137. The molecule has 0 aliphatic carbocycles. The zero-order valence-corrected chi connectivity index (χ0v) is 16.7. The summed E-state index contributed by atoms with van der Waals surface area (Å²) in [5.74, 6) is -0.373. The molecule has 31 heavy (non-hydrogen) atoms. The van der Waals surface area contributed by atoms with Gasteiger partial charge < -0.3 is 10.2 Å². The second-order valence-electron chi connectivity index (χ2n) is 7.64. The predicted octanol–water partition coefficient (Wildman–Crippen LogP) is 6.59. The molecule has 0 radical (unpaired) electrons. The standard InChI is InChI=1S/C24H20F4N2O/c1-15-14-30(23(31)29-19-12-10-18(25)11-13-19)22(21-5-3-2-4-20(15)21)16-6-8-17(9-7-16)24(26,27)28/h2-13,15,22H,14H2,1H3,(H,29,31)/t15-,22-/m0/s1. The van der Waals surface area contributed by atoms with Crippen LogP contribution in [-0.4, -0.2) is 17.5 Å². The van der Waals surface area contributed by atoms with E-state index in [-0.39, 0.29) is 5.92 Å². The van der Waals surface area contributed by atoms with E-state index in [1.807, 2.05) is 31.2 Å². The summed E-state index contributed by atoms with van der Waals surface area (Å²) >= 11 is 0. The van der Waals surface area contributed by atoms with Crippen molar-refractivity contribution in [1.82, 2.24) is 4.90 Å². The Hall–Kier alpha value is -3.35. The highest BCUT2D eigenvalue weighted by Gasteiger charge is 2.36. The topological polar surface area (TPSA) is 32.3 Å². The number of halogens is 4. The minimum atomic E-state index is -4.43. The second-order valence-corrected chi connectivity index (χ2v) is 7.64. The first-order valence-electron chi connectivity index (χ1n) is 9.83. The molecule has 1 heterocycles. The van der Waals surface area contributed by atoms with Crippen LogP contribution >= 0.6 is 0 Å². The molecule has 2 amide bonds. The molecule has 0 saturated heterocycles. The summed E-state index contributed by atoms with van der Waals surface area (Å²) in [7, 11) is 0. The van der Waals surface area contributed by atoms with Gasteiger partial charge in [-0.25, -0.2) is 9.18 Å². The molecule has 1 aliphatic heterocycles. The highest BCUT2D eigenvalue weighted by Crippen LogP contribution is 2.40. The maximum Gasteiger partial charge on any atom is 0.416 e. The number of urea groups is 1. The van der Waals surface area contributed by atoms with Crippen molar-refractivity contribution in [3.8, 4) is 0 Å². The summed E-state index contributed by atoms with van der Waals surface area (Å²) in [5, 5.41) is 2.77. The molecule has 0 spiro atoms. The Morgan fingerprint density at radius 2 is 1.55 bits per heavy atom. The molecule has 0 unspecified atom stereocenters. The van der Waals surface area contributed by atoms with Gasteiger partial charge in [0.2, 0.25) is 0 Å². The minimum absolute atomic E-state index is 0.0425. The van der Waals surface area contributed by atoms with Crippen LogP contribution in [0.25, 0.3) is 0 Å². The van der Waals surface area contributed by atoms with E-state index in [0.29, 0.717) is 17.8 Å². The summed E-state index contributed by atoms with van der Waals surface area (Å²) in [4.78, 5) is 14.8. The largest absolute Gasteiger partial charge is 0.416 e. The number of carbonyl (C=O) groups is 1. The summed E-state index contributed by atoms with van der Waals surface area (Å²) in [5.41, 5.74) is 2.20. The molecule has 4 rings (SSSR count). The number of carbonyl (C=O) groups excluding carboxylic acids is 1. The number of nitrogens with zero attached hydrogens (tertiary/aromatic N) is 1. The number of alkyl halides is 3. The Kier molecular flexibility index (Phi) is 5.43. The van der Waals surface area contributed by atoms with Gasteiger partial charge >= 0.3 is 12.2 Å². The molecule has 0 fully saturated rings. The van der Waals surface area contributed by atoms with E-state index < -0.39 is 29.6 Å². The van der Waals surface area contributed by atoms with Gasteiger partial charge in [-0.3, -0.25) is 0 Å². The second kappa shape index (κ2) is 8.06. The minimum Gasteiger partial charge on any atom is -0.313 e. The van der Waals surface area contributed by atoms with Crippen LogP contribution < -0.4 is 5.32 Å². The lowest BCUT2D eigenvalue weighted by atomic mass is 9.83. The van der Waals surface area contributed by atoms with Crippen molar-refractivity contribution in [3.05, 3.63) is 101 Å². The van der Waals surface area contributed by atoms with Gasteiger partial charge in [-0.05, 0) is 59.0 Å². The van der Waals surface area contributed by atoms with Gasteiger partial charge in [0, 0.05) is 12.2 Å². The van der Waals surface area contributed by atoms with Crippen LogP contribution in [0, 0.1) is 5.82 Å². The van der Waals surface area contributed by atoms with E-state index >= 15 is 0 Å². The molecular weight excluding hydrogens is 408 g/mol. The van der Waals surface area contributed by atoms with Crippen LogP contribution in [0.15, 0.2) is 72.8 Å². The predicted molar refractivity (Wildman–Crippen MR) is 110 cm³/mol. The summed E-state index contributed by atoms with van der Waals surface area (Å²) in [6.45, 7) is 2.38. The first-order valence-corrected chi connectivity index (χ1v) is 9.83. The van der Waals surface area contributed by atoms with Crippen molar-refractivity contribution < 1.29 is 22.4 Å². The molecule has 2 atom stereocenters. The number of benzene rings is 3. The molecule has 0 aromatic heterocycles. The molecule has 3 aromatic carbocycles. The number of amides is 2. The third kappa shape index (κ3) is 4.26. The maximum atomic E-state index is 13.2. The SMILES string of the molecule is C[C@H]1CN(C(=O)Nc2ccc(F)cc2)[C@@H](c2ccc(C(F)(F)F)cc2)c2ccccc21. The fourth-order valence-corrected chi connectivity index (χ4v) is 4.02. The summed E-state index contributed by atoms with van der Waals surface area (Å²) < 4.78 is 52.3. The van der Waals surface area contributed by atoms with Crippen LogP contribution in [-0.2, 0) is 6.18 Å². The van der Waals surface area contributed by atoms with Gasteiger partial charge in [0.25, 0.3) is 0 Å². The first kappa shape index (κ1) is 20.9. The fraction of sp³-hybridized carbons (Fsp3) is 0.208. The van der Waals surface area contributed by atoms with Crippen molar-refractivity contribution in [2.24, 2.45) is 0 Å². The number of hydrogen-bond donors (Lipinski definition) is 1. The third-order valence-electron chi connectivity index (χ3n) is 5.51. The van der Waals surface area contributed by atoms with E-state index in [9.17, 15) is 22.4 Å². The highest BCUT2D eigenvalue weighted by molar-refractivity contribution is 5.90. The average molecular weight is 428 g/mol. The van der Waals surface area contributed by atoms with Crippen molar-refractivity contribution >= 4 is 11.7 Å². The smallest absolute Gasteiger partial charge is 0.313 e. The quantitative estimate of drug-likeness (QED) is 0.459. The molecule has 1 N–H and O–H groups in total. The van der Waals surface area contributed by atoms with E-state index in [0.717, 1.165) is 23.3 Å². The van der Waals surface area contributed by atoms with Gasteiger partial charge in [-0.15, -0.1) is 0 Å². The monoisotopic (exact) mass is 428 g/mol. The molecule has 160 valence electrons. The lowest BCUT2D eigenvalue weighted by Crippen LogP contribution is -2.44.